The molecule has 1 fully saturated rings. The van der Waals surface area contributed by atoms with E-state index < -0.39 is 5.60 Å². The summed E-state index contributed by atoms with van der Waals surface area (Å²) in [6, 6.07) is 13.1. The van der Waals surface area contributed by atoms with Crippen LogP contribution < -0.4 is 0 Å². The van der Waals surface area contributed by atoms with Gasteiger partial charge in [-0.1, -0.05) is 48.6 Å². The molecule has 1 aliphatic carbocycles. The molecule has 7 nitrogen and oxygen atoms in total. The van der Waals surface area contributed by atoms with E-state index in [1.807, 2.05) is 38.3 Å². The first kappa shape index (κ1) is 27.1. The Morgan fingerprint density at radius 1 is 1.00 bits per heavy atom. The van der Waals surface area contributed by atoms with Gasteiger partial charge in [0, 0.05) is 69.2 Å². The zero-order chi connectivity index (χ0) is 27.4. The van der Waals surface area contributed by atoms with Crippen molar-refractivity contribution < 1.29 is 14.6 Å². The average molecular weight is 527 g/mol. The molecule has 2 aliphatic rings. The van der Waals surface area contributed by atoms with Crippen LogP contribution in [0.2, 0.25) is 0 Å². The fraction of sp³-hybridized carbons (Fsp3) is 0.375. The lowest BCUT2D eigenvalue weighted by atomic mass is 10.0. The van der Waals surface area contributed by atoms with Crippen molar-refractivity contribution in [2.45, 2.75) is 39.0 Å². The summed E-state index contributed by atoms with van der Waals surface area (Å²) in [7, 11) is 1.41. The minimum absolute atomic E-state index is 0.286. The second-order valence-corrected chi connectivity index (χ2v) is 11.1. The van der Waals surface area contributed by atoms with Crippen molar-refractivity contribution in [3.63, 3.8) is 0 Å². The topological polar surface area (TPSA) is 70.8 Å². The number of nitrogens with zero attached hydrogens (tertiary/aromatic N) is 4. The fourth-order valence-corrected chi connectivity index (χ4v) is 5.42. The third-order valence-electron chi connectivity index (χ3n) is 7.38. The minimum atomic E-state index is -0.645. The number of carbonyl (C=O) groups excluding carboxylic acids is 1. The molecular formula is C32H38N4O3. The number of aromatic nitrogens is 2. The number of rotatable bonds is 8. The van der Waals surface area contributed by atoms with E-state index in [0.29, 0.717) is 18.5 Å². The fourth-order valence-electron chi connectivity index (χ4n) is 5.42. The van der Waals surface area contributed by atoms with Crippen molar-refractivity contribution in [3.8, 4) is 11.1 Å². The van der Waals surface area contributed by atoms with Crippen LogP contribution in [0.3, 0.4) is 0 Å². The SMILES string of the molecule is COC(=O)C1=CC=C(Cn2ccc3c(-c4ccc(CN5CCN(CC(C)(C)O)CC5)cc4)ccnc32)C=CC1. The highest BCUT2D eigenvalue weighted by Gasteiger charge is 2.22. The molecule has 5 rings (SSSR count). The van der Waals surface area contributed by atoms with E-state index in [9.17, 15) is 9.90 Å². The minimum Gasteiger partial charge on any atom is -0.466 e. The number of aliphatic hydroxyl groups is 1. The zero-order valence-corrected chi connectivity index (χ0v) is 23.1. The molecule has 0 atom stereocenters. The van der Waals surface area contributed by atoms with Gasteiger partial charge in [0.05, 0.1) is 12.7 Å². The van der Waals surface area contributed by atoms with E-state index in [4.69, 9.17) is 9.72 Å². The Bertz CT molecular complexity index is 1400. The number of hydrogen-bond acceptors (Lipinski definition) is 6. The van der Waals surface area contributed by atoms with Gasteiger partial charge in [0.25, 0.3) is 0 Å². The van der Waals surface area contributed by atoms with E-state index in [-0.39, 0.29) is 5.97 Å². The molecule has 0 amide bonds. The number of β-amino-alcohol motifs (C(OH)–C–C–N with tert-alkyl or cyclic N) is 1. The maximum absolute atomic E-state index is 11.9. The van der Waals surface area contributed by atoms with Crippen LogP contribution in [0.15, 0.2) is 84.2 Å². The number of carbonyl (C=O) groups is 1. The molecular weight excluding hydrogens is 488 g/mol. The maximum Gasteiger partial charge on any atom is 0.334 e. The van der Waals surface area contributed by atoms with Gasteiger partial charge in [-0.25, -0.2) is 9.78 Å². The van der Waals surface area contributed by atoms with Gasteiger partial charge < -0.3 is 14.4 Å². The molecule has 2 aromatic heterocycles. The molecule has 0 bridgehead atoms. The van der Waals surface area contributed by atoms with Crippen molar-refractivity contribution in [1.29, 1.82) is 0 Å². The van der Waals surface area contributed by atoms with Crippen LogP contribution >= 0.6 is 0 Å². The highest BCUT2D eigenvalue weighted by Crippen LogP contribution is 2.29. The molecule has 0 radical (unpaired) electrons. The molecule has 0 spiro atoms. The molecule has 3 heterocycles. The quantitative estimate of drug-likeness (QED) is 0.434. The Morgan fingerprint density at radius 2 is 1.74 bits per heavy atom. The molecule has 204 valence electrons. The van der Waals surface area contributed by atoms with E-state index in [1.54, 1.807) is 0 Å². The van der Waals surface area contributed by atoms with Crippen LogP contribution in [-0.2, 0) is 22.6 Å². The molecule has 1 aromatic carbocycles. The number of pyridine rings is 1. The van der Waals surface area contributed by atoms with Crippen LogP contribution in [0, 0.1) is 0 Å². The number of allylic oxidation sites excluding steroid dienone is 5. The molecule has 1 N–H and O–H groups in total. The highest BCUT2D eigenvalue weighted by atomic mass is 16.5. The molecule has 7 heteroatoms. The van der Waals surface area contributed by atoms with Crippen molar-refractivity contribution in [3.05, 3.63) is 89.8 Å². The van der Waals surface area contributed by atoms with E-state index in [0.717, 1.165) is 55.9 Å². The highest BCUT2D eigenvalue weighted by molar-refractivity contribution is 5.93. The van der Waals surface area contributed by atoms with Gasteiger partial charge in [0.1, 0.15) is 5.65 Å². The summed E-state index contributed by atoms with van der Waals surface area (Å²) in [4.78, 5) is 21.4. The lowest BCUT2D eigenvalue weighted by Crippen LogP contribution is -2.50. The van der Waals surface area contributed by atoms with Crippen LogP contribution in [0.1, 0.15) is 25.8 Å². The van der Waals surface area contributed by atoms with Crippen molar-refractivity contribution in [2.75, 3.05) is 39.8 Å². The summed E-state index contributed by atoms with van der Waals surface area (Å²) in [6.07, 6.45) is 12.4. The monoisotopic (exact) mass is 526 g/mol. The van der Waals surface area contributed by atoms with Gasteiger partial charge in [-0.05, 0) is 54.7 Å². The average Bonchev–Trinajstić information content (AvgIpc) is 3.18. The van der Waals surface area contributed by atoms with E-state index in [2.05, 4.69) is 63.0 Å². The number of benzene rings is 1. The van der Waals surface area contributed by atoms with Crippen molar-refractivity contribution in [2.24, 2.45) is 0 Å². The first-order chi connectivity index (χ1) is 18.8. The van der Waals surface area contributed by atoms with E-state index >= 15 is 0 Å². The summed E-state index contributed by atoms with van der Waals surface area (Å²) < 4.78 is 7.02. The Labute approximate surface area is 230 Å². The number of hydrogen-bond donors (Lipinski definition) is 1. The van der Waals surface area contributed by atoms with Crippen LogP contribution in [-0.4, -0.2) is 75.9 Å². The first-order valence-corrected chi connectivity index (χ1v) is 13.6. The number of ether oxygens (including phenoxy) is 1. The third-order valence-corrected chi connectivity index (χ3v) is 7.38. The third kappa shape index (κ3) is 6.74. The lowest BCUT2D eigenvalue weighted by molar-refractivity contribution is -0.136. The zero-order valence-electron chi connectivity index (χ0n) is 23.1. The predicted molar refractivity (Wildman–Crippen MR) is 155 cm³/mol. The maximum atomic E-state index is 11.9. The summed E-state index contributed by atoms with van der Waals surface area (Å²) in [5, 5.41) is 11.2. The lowest BCUT2D eigenvalue weighted by Gasteiger charge is -2.37. The standard InChI is InChI=1S/C32H38N4O3/c1-32(2,38)23-35-19-17-34(18-20-35)21-25-7-10-26(11-8-25)28-13-15-33-30-29(28)14-16-36(30)22-24-5-4-6-27(12-9-24)31(37)39-3/h4-5,7-16,38H,6,17-23H2,1-3H3. The van der Waals surface area contributed by atoms with Crippen LogP contribution in [0.4, 0.5) is 0 Å². The Balaban J connectivity index is 1.26. The van der Waals surface area contributed by atoms with Crippen molar-refractivity contribution in [1.82, 2.24) is 19.4 Å². The van der Waals surface area contributed by atoms with Crippen molar-refractivity contribution >= 4 is 17.0 Å². The van der Waals surface area contributed by atoms with Crippen LogP contribution in [0.5, 0.6) is 0 Å². The van der Waals surface area contributed by atoms with Gasteiger partial charge in [-0.15, -0.1) is 0 Å². The van der Waals surface area contributed by atoms with Gasteiger partial charge >= 0.3 is 5.97 Å². The van der Waals surface area contributed by atoms with Gasteiger partial charge in [-0.2, -0.15) is 0 Å². The number of fused-ring (bicyclic) bond motifs is 1. The second kappa shape index (κ2) is 11.7. The predicted octanol–water partition coefficient (Wildman–Crippen LogP) is 4.58. The summed E-state index contributed by atoms with van der Waals surface area (Å²) in [5.41, 5.74) is 5.71. The van der Waals surface area contributed by atoms with Gasteiger partial charge in [0.2, 0.25) is 0 Å². The largest absolute Gasteiger partial charge is 0.466 e. The Hall–Kier alpha value is -3.52. The number of piperazine rings is 1. The Kier molecular flexibility index (Phi) is 8.12. The smallest absolute Gasteiger partial charge is 0.334 e. The number of methoxy groups -OCH3 is 1. The molecule has 3 aromatic rings. The molecule has 1 aliphatic heterocycles. The molecule has 0 saturated carbocycles. The summed E-state index contributed by atoms with van der Waals surface area (Å²) >= 11 is 0. The summed E-state index contributed by atoms with van der Waals surface area (Å²) in [5.74, 6) is -0.286. The molecule has 1 saturated heterocycles. The van der Waals surface area contributed by atoms with Gasteiger partial charge in [0.15, 0.2) is 0 Å². The van der Waals surface area contributed by atoms with E-state index in [1.165, 1.54) is 23.8 Å². The van der Waals surface area contributed by atoms with Gasteiger partial charge in [-0.3, -0.25) is 9.80 Å². The summed E-state index contributed by atoms with van der Waals surface area (Å²) in [6.45, 7) is 10.1. The Morgan fingerprint density at radius 3 is 2.46 bits per heavy atom. The molecule has 39 heavy (non-hydrogen) atoms. The second-order valence-electron chi connectivity index (χ2n) is 11.1. The van der Waals surface area contributed by atoms with Crippen LogP contribution in [0.25, 0.3) is 22.2 Å². The number of esters is 1. The molecule has 0 unspecified atom stereocenters. The normalized spacial score (nSPS) is 17.1. The first-order valence-electron chi connectivity index (χ1n) is 13.6.